The molecule has 11 rings (SSSR count). The molecule has 0 saturated heterocycles. The molecule has 7 aromatic carbocycles. The normalized spacial score (nSPS) is 12.7. The van der Waals surface area contributed by atoms with E-state index in [2.05, 4.69) is 133 Å². The summed E-state index contributed by atoms with van der Waals surface area (Å²) in [5, 5.41) is 3.95. The van der Waals surface area contributed by atoms with Gasteiger partial charge in [-0.05, 0) is 58.3 Å². The fourth-order valence-corrected chi connectivity index (χ4v) is 8.21. The van der Waals surface area contributed by atoms with Crippen LogP contribution in [0, 0.1) is 18.5 Å². The number of pyridine rings is 1. The van der Waals surface area contributed by atoms with Gasteiger partial charge in [0.25, 0.3) is 6.33 Å². The number of rotatable bonds is 6. The van der Waals surface area contributed by atoms with E-state index in [1.807, 2.05) is 71.3 Å². The van der Waals surface area contributed by atoms with Crippen LogP contribution in [-0.4, -0.2) is 14.1 Å². The maximum Gasteiger partial charge on any atom is 0.268 e. The zero-order valence-corrected chi connectivity index (χ0v) is 34.9. The summed E-state index contributed by atoms with van der Waals surface area (Å²) < 4.78 is 31.9. The summed E-state index contributed by atoms with van der Waals surface area (Å²) in [4.78, 5) is 4.95. The zero-order chi connectivity index (χ0) is 40.8. The summed E-state index contributed by atoms with van der Waals surface area (Å²) in [6.45, 7) is 6.65. The number of benzene rings is 7. The Balaban J connectivity index is 0.00000445. The summed E-state index contributed by atoms with van der Waals surface area (Å²) in [5.41, 5.74) is 11.0. The third-order valence-corrected chi connectivity index (χ3v) is 11.1. The van der Waals surface area contributed by atoms with Crippen LogP contribution in [0.15, 0.2) is 168 Å². The molecular formula is C53H38N4OPt-2. The van der Waals surface area contributed by atoms with Crippen LogP contribution in [0.4, 0.5) is 0 Å². The van der Waals surface area contributed by atoms with Crippen LogP contribution in [0.3, 0.4) is 0 Å². The van der Waals surface area contributed by atoms with Gasteiger partial charge in [-0.2, -0.15) is 53.6 Å². The number of para-hydroxylation sites is 4. The Labute approximate surface area is 359 Å². The van der Waals surface area contributed by atoms with Gasteiger partial charge in [0.05, 0.1) is 22.9 Å². The van der Waals surface area contributed by atoms with Crippen LogP contribution >= 0.6 is 0 Å². The van der Waals surface area contributed by atoms with Crippen molar-refractivity contribution >= 4 is 54.8 Å². The number of fused-ring (bicyclic) bond motifs is 7. The minimum atomic E-state index is -1.95. The van der Waals surface area contributed by atoms with Gasteiger partial charge in [-0.1, -0.05) is 129 Å². The van der Waals surface area contributed by atoms with E-state index in [-0.39, 0.29) is 26.5 Å². The largest absolute Gasteiger partial charge is 0.454 e. The topological polar surface area (TPSA) is 39.8 Å². The van der Waals surface area contributed by atoms with Crippen molar-refractivity contribution in [1.82, 2.24) is 14.1 Å². The van der Waals surface area contributed by atoms with Crippen molar-refractivity contribution in [3.05, 3.63) is 199 Å². The average molecular weight is 944 g/mol. The van der Waals surface area contributed by atoms with E-state index in [0.717, 1.165) is 66.0 Å². The van der Waals surface area contributed by atoms with Crippen LogP contribution < -0.4 is 4.57 Å². The first-order valence-corrected chi connectivity index (χ1v) is 19.6. The van der Waals surface area contributed by atoms with Crippen molar-refractivity contribution in [2.75, 3.05) is 0 Å². The number of imidazole rings is 1. The van der Waals surface area contributed by atoms with Crippen LogP contribution in [0.5, 0.6) is 0 Å². The van der Waals surface area contributed by atoms with E-state index in [9.17, 15) is 2.74 Å². The molecule has 0 aliphatic heterocycles. The third-order valence-electron chi connectivity index (χ3n) is 11.1. The van der Waals surface area contributed by atoms with Gasteiger partial charge in [-0.15, -0.1) is 5.39 Å². The molecule has 59 heavy (non-hydrogen) atoms. The van der Waals surface area contributed by atoms with E-state index >= 15 is 0 Å². The second-order valence-electron chi connectivity index (χ2n) is 15.8. The molecule has 0 unspecified atom stereocenters. The number of aromatic nitrogens is 4. The van der Waals surface area contributed by atoms with Crippen LogP contribution in [-0.2, 0) is 32.9 Å². The summed E-state index contributed by atoms with van der Waals surface area (Å²) in [6.07, 6.45) is 3.41. The van der Waals surface area contributed by atoms with Gasteiger partial charge in [-0.25, -0.2) is 4.98 Å². The maximum atomic E-state index is 9.65. The summed E-state index contributed by atoms with van der Waals surface area (Å²) in [5.74, 6) is 0.695. The molecule has 0 radical (unpaired) electrons. The second-order valence-corrected chi connectivity index (χ2v) is 15.8. The van der Waals surface area contributed by atoms with Crippen molar-refractivity contribution in [3.8, 4) is 28.3 Å². The Bertz CT molecular complexity index is 3470. The van der Waals surface area contributed by atoms with Gasteiger partial charge >= 0.3 is 0 Å². The number of furan rings is 1. The van der Waals surface area contributed by atoms with Crippen molar-refractivity contribution in [3.63, 3.8) is 0 Å². The van der Waals surface area contributed by atoms with E-state index in [4.69, 9.17) is 9.40 Å². The summed E-state index contributed by atoms with van der Waals surface area (Å²) in [7, 11) is 0. The Morgan fingerprint density at radius 3 is 2.29 bits per heavy atom. The fraction of sp³-hybridized carbons (Fsp3) is 0.0943. The Morgan fingerprint density at radius 2 is 1.42 bits per heavy atom. The van der Waals surface area contributed by atoms with Crippen molar-refractivity contribution in [2.24, 2.45) is 0 Å². The molecule has 288 valence electrons. The predicted molar refractivity (Wildman–Crippen MR) is 234 cm³/mol. The van der Waals surface area contributed by atoms with E-state index in [1.165, 1.54) is 5.56 Å². The molecule has 0 atom stereocenters. The van der Waals surface area contributed by atoms with E-state index in [1.54, 1.807) is 12.3 Å². The Kier molecular flexibility index (Phi) is 8.40. The molecular weight excluding hydrogens is 904 g/mol. The molecule has 0 saturated carbocycles. The summed E-state index contributed by atoms with van der Waals surface area (Å²) in [6, 6.07) is 60.0. The number of nitrogens with zero attached hydrogens (tertiary/aromatic N) is 4. The van der Waals surface area contributed by atoms with Crippen LogP contribution in [0.2, 0.25) is 0 Å². The first-order chi connectivity index (χ1) is 29.1. The van der Waals surface area contributed by atoms with E-state index in [0.29, 0.717) is 28.2 Å². The van der Waals surface area contributed by atoms with Gasteiger partial charge in [0, 0.05) is 45.7 Å². The van der Waals surface area contributed by atoms with Gasteiger partial charge in [0.2, 0.25) is 0 Å². The quantitative estimate of drug-likeness (QED) is 0.123. The molecule has 5 nitrogen and oxygen atoms in total. The predicted octanol–water partition coefficient (Wildman–Crippen LogP) is 12.3. The molecule has 4 aromatic heterocycles. The molecule has 0 spiro atoms. The van der Waals surface area contributed by atoms with Crippen LogP contribution in [0.25, 0.3) is 83.1 Å². The van der Waals surface area contributed by atoms with Gasteiger partial charge in [0.15, 0.2) is 5.58 Å². The molecule has 0 aliphatic carbocycles. The fourth-order valence-electron chi connectivity index (χ4n) is 8.21. The van der Waals surface area contributed by atoms with Crippen molar-refractivity contribution < 1.29 is 32.8 Å². The smallest absolute Gasteiger partial charge is 0.268 e. The average Bonchev–Trinajstić information content (AvgIpc) is 3.96. The first kappa shape index (κ1) is 34.5. The molecule has 0 aliphatic rings. The van der Waals surface area contributed by atoms with E-state index < -0.39 is 6.37 Å². The Morgan fingerprint density at radius 1 is 0.678 bits per heavy atom. The maximum absolute atomic E-state index is 9.65. The van der Waals surface area contributed by atoms with Crippen molar-refractivity contribution in [2.45, 2.75) is 32.6 Å². The molecule has 4 heterocycles. The van der Waals surface area contributed by atoms with Crippen molar-refractivity contribution in [1.29, 1.82) is 0 Å². The molecule has 6 heteroatoms. The monoisotopic (exact) mass is 943 g/mol. The standard InChI is InChI=1S/C53H38N4O.Pt/c1-53(2,3)38-17-12-19-40(31-38)56-34-55(47-24-9-10-25-48(47)56)39-18-11-14-35(29-39)28-36-26-27-43-42-20-7-8-23-46(42)57(49(43)30-36)51-32-45-44-22-13-21-41(37-15-5-4-6-16-37)52(44)58-50(45)33-54-51;/h4-27,31-33H,28H2,1-3H3;/q-2;/i28D2;. The zero-order valence-electron chi connectivity index (χ0n) is 34.6. The minimum Gasteiger partial charge on any atom is -0.454 e. The molecule has 0 N–H and O–H groups in total. The van der Waals surface area contributed by atoms with Crippen LogP contribution in [0.1, 0.15) is 40.2 Å². The van der Waals surface area contributed by atoms with Gasteiger partial charge in [-0.3, -0.25) is 4.57 Å². The Hall–Kier alpha value is -6.55. The molecule has 0 bridgehead atoms. The molecule has 11 aromatic rings. The molecule has 0 fully saturated rings. The SMILES string of the molecule is [2H]C([2H])(c1[c-]c(-n2[c-][n+](-c3cccc(C(C)(C)C)c3)c3ccccc32)ccc1)c1[c-]c2c(cc1)c1ccccc1n2-c1cc2c(cn1)oc1c(-c3ccccc3)cccc12.[Pt]. The third kappa shape index (κ3) is 6.29. The second kappa shape index (κ2) is 14.4. The number of hydrogen-bond acceptors (Lipinski definition) is 2. The molecule has 0 amide bonds. The van der Waals surface area contributed by atoms with Gasteiger partial charge < -0.3 is 13.6 Å². The van der Waals surface area contributed by atoms with Gasteiger partial charge in [0.1, 0.15) is 11.4 Å². The summed E-state index contributed by atoms with van der Waals surface area (Å²) >= 11 is 0. The number of hydrogen-bond donors (Lipinski definition) is 0. The minimum absolute atomic E-state index is 0. The first-order valence-electron chi connectivity index (χ1n) is 20.6.